The van der Waals surface area contributed by atoms with E-state index in [9.17, 15) is 9.90 Å². The molecule has 168 valence electrons. The summed E-state index contributed by atoms with van der Waals surface area (Å²) in [6.45, 7) is 5.46. The molecule has 0 aromatic carbocycles. The molecule has 2 fully saturated rings. The van der Waals surface area contributed by atoms with Crippen LogP contribution >= 0.6 is 11.6 Å². The van der Waals surface area contributed by atoms with Gasteiger partial charge in [-0.2, -0.15) is 0 Å². The predicted octanol–water partition coefficient (Wildman–Crippen LogP) is 2.05. The maximum atomic E-state index is 12.5. The molecule has 1 aromatic heterocycles. The fraction of sp³-hybridized carbons (Fsp3) is 0.591. The molecule has 2 saturated heterocycles. The van der Waals surface area contributed by atoms with Crippen molar-refractivity contribution in [3.8, 4) is 0 Å². The fourth-order valence-electron chi connectivity index (χ4n) is 4.19. The highest BCUT2D eigenvalue weighted by Crippen LogP contribution is 2.29. The summed E-state index contributed by atoms with van der Waals surface area (Å²) in [7, 11) is 0. The minimum atomic E-state index is -0.690. The van der Waals surface area contributed by atoms with Crippen molar-refractivity contribution in [3.63, 3.8) is 0 Å². The lowest BCUT2D eigenvalue weighted by molar-refractivity contribution is -0.121. The van der Waals surface area contributed by atoms with Gasteiger partial charge in [-0.3, -0.25) is 9.79 Å². The highest BCUT2D eigenvalue weighted by atomic mass is 35.5. The predicted molar refractivity (Wildman–Crippen MR) is 121 cm³/mol. The molecule has 1 amide bonds. The van der Waals surface area contributed by atoms with Crippen LogP contribution in [-0.2, 0) is 9.53 Å². The monoisotopic (exact) mass is 447 g/mol. The lowest BCUT2D eigenvalue weighted by Gasteiger charge is -2.25. The van der Waals surface area contributed by atoms with Crippen LogP contribution in [0.3, 0.4) is 0 Å². The number of aliphatic imine (C=N–C) groups is 1. The van der Waals surface area contributed by atoms with Gasteiger partial charge in [0.1, 0.15) is 11.7 Å². The van der Waals surface area contributed by atoms with Gasteiger partial charge in [0.05, 0.1) is 17.0 Å². The number of aliphatic hydroxyl groups is 1. The van der Waals surface area contributed by atoms with E-state index in [0.29, 0.717) is 35.8 Å². The van der Waals surface area contributed by atoms with Crippen molar-refractivity contribution in [3.05, 3.63) is 28.9 Å². The Hall–Kier alpha value is -2.00. The zero-order chi connectivity index (χ0) is 21.8. The maximum Gasteiger partial charge on any atom is 0.232 e. The molecule has 3 atom stereocenters. The second-order valence-electron chi connectivity index (χ2n) is 8.60. The fourth-order valence-corrected chi connectivity index (χ4v) is 4.40. The quantitative estimate of drug-likeness (QED) is 0.550. The number of rotatable bonds is 5. The van der Waals surface area contributed by atoms with E-state index in [0.717, 1.165) is 56.1 Å². The third-order valence-electron chi connectivity index (χ3n) is 6.04. The minimum Gasteiger partial charge on any atom is -0.391 e. The lowest BCUT2D eigenvalue weighted by Crippen LogP contribution is -2.32. The number of β-amino-alcohol motifs (C(OH)–C–C–N with tert-alkyl or cyclic N) is 1. The molecule has 0 radical (unpaired) electrons. The van der Waals surface area contributed by atoms with Crippen LogP contribution in [0.5, 0.6) is 0 Å². The van der Waals surface area contributed by atoms with Crippen LogP contribution in [0.1, 0.15) is 31.7 Å². The number of anilines is 1. The van der Waals surface area contributed by atoms with E-state index in [2.05, 4.69) is 33.9 Å². The minimum absolute atomic E-state index is 0.254. The Labute approximate surface area is 187 Å². The number of hydrogen-bond donors (Lipinski definition) is 4. The molecule has 0 saturated carbocycles. The van der Waals surface area contributed by atoms with Crippen LogP contribution in [0.2, 0.25) is 5.02 Å². The lowest BCUT2D eigenvalue weighted by atomic mass is 9.98. The Morgan fingerprint density at radius 3 is 2.94 bits per heavy atom. The van der Waals surface area contributed by atoms with E-state index in [4.69, 9.17) is 21.3 Å². The molecule has 4 heterocycles. The number of pyridine rings is 1. The highest BCUT2D eigenvalue weighted by Gasteiger charge is 2.31. The molecular weight excluding hydrogens is 418 g/mol. The zero-order valence-corrected chi connectivity index (χ0v) is 18.5. The molecule has 9 heteroatoms. The highest BCUT2D eigenvalue weighted by molar-refractivity contribution is 6.32. The average molecular weight is 448 g/mol. The first-order valence-electron chi connectivity index (χ1n) is 10.9. The number of aromatic nitrogens is 1. The van der Waals surface area contributed by atoms with Gasteiger partial charge in [0, 0.05) is 56.7 Å². The number of carbonyl (C=O) groups is 1. The summed E-state index contributed by atoms with van der Waals surface area (Å²) in [5, 5.41) is 19.7. The molecule has 0 aliphatic carbocycles. The number of ether oxygens (including phenoxy) is 1. The third-order valence-corrected chi connectivity index (χ3v) is 6.34. The summed E-state index contributed by atoms with van der Waals surface area (Å²) < 4.78 is 5.43. The summed E-state index contributed by atoms with van der Waals surface area (Å²) in [4.78, 5) is 21.6. The second kappa shape index (κ2) is 10.1. The van der Waals surface area contributed by atoms with Gasteiger partial charge >= 0.3 is 0 Å². The number of amides is 1. The summed E-state index contributed by atoms with van der Waals surface area (Å²) in [6.07, 6.45) is 5.94. The van der Waals surface area contributed by atoms with Crippen molar-refractivity contribution < 1.29 is 14.6 Å². The Morgan fingerprint density at radius 2 is 2.19 bits per heavy atom. The van der Waals surface area contributed by atoms with Crippen molar-refractivity contribution in [2.45, 2.75) is 32.3 Å². The molecule has 4 rings (SSSR count). The standard InChI is InChI=1S/C22H30ClN5O3/c1-13-6-18(27-20(7-13)25-9-14-2-4-31-5-3-14)15-8-21(26-11-17(15)23)28-22(30)16-10-24-12-19(16)29/h6,8,11,13-14,16,19,24,29H,2-5,7,9-10,12H2,1H3,(H,25,27)(H,26,28,30)/t13?,16-,19-/m0/s1. The van der Waals surface area contributed by atoms with Gasteiger partial charge < -0.3 is 25.8 Å². The van der Waals surface area contributed by atoms with Gasteiger partial charge in [-0.25, -0.2) is 4.98 Å². The third kappa shape index (κ3) is 5.63. The molecule has 8 nitrogen and oxygen atoms in total. The van der Waals surface area contributed by atoms with E-state index in [1.54, 1.807) is 6.07 Å². The van der Waals surface area contributed by atoms with Gasteiger partial charge in [0.15, 0.2) is 0 Å². The van der Waals surface area contributed by atoms with Gasteiger partial charge in [-0.15, -0.1) is 0 Å². The molecule has 3 aliphatic rings. The van der Waals surface area contributed by atoms with Crippen molar-refractivity contribution >= 4 is 34.9 Å². The molecule has 0 bridgehead atoms. The Kier molecular flexibility index (Phi) is 7.22. The smallest absolute Gasteiger partial charge is 0.232 e. The van der Waals surface area contributed by atoms with Gasteiger partial charge in [-0.05, 0) is 30.7 Å². The zero-order valence-electron chi connectivity index (χ0n) is 17.7. The molecule has 3 aliphatic heterocycles. The number of amidine groups is 1. The van der Waals surface area contributed by atoms with Crippen LogP contribution in [0.4, 0.5) is 5.82 Å². The molecular formula is C22H30ClN5O3. The van der Waals surface area contributed by atoms with Crippen LogP contribution in [0.15, 0.2) is 23.3 Å². The summed E-state index contributed by atoms with van der Waals surface area (Å²) in [6, 6.07) is 1.77. The normalized spacial score (nSPS) is 28.3. The number of aliphatic hydroxyl groups excluding tert-OH is 1. The number of halogens is 1. The summed E-state index contributed by atoms with van der Waals surface area (Å²) in [5.74, 6) is 1.50. The van der Waals surface area contributed by atoms with Crippen molar-refractivity contribution in [2.24, 2.45) is 22.7 Å². The number of hydrogen-bond acceptors (Lipinski definition) is 6. The van der Waals surface area contributed by atoms with Crippen molar-refractivity contribution in [1.82, 2.24) is 15.6 Å². The van der Waals surface area contributed by atoms with Gasteiger partial charge in [0.2, 0.25) is 5.91 Å². The Bertz CT molecular complexity index is 869. The van der Waals surface area contributed by atoms with Crippen molar-refractivity contribution in [2.75, 3.05) is 38.2 Å². The topological polar surface area (TPSA) is 108 Å². The number of carbonyl (C=O) groups excluding carboxylic acids is 1. The molecule has 31 heavy (non-hydrogen) atoms. The van der Waals surface area contributed by atoms with Crippen LogP contribution in [0, 0.1) is 17.8 Å². The first kappa shape index (κ1) is 22.2. The Morgan fingerprint density at radius 1 is 1.39 bits per heavy atom. The molecule has 4 N–H and O–H groups in total. The second-order valence-corrected chi connectivity index (χ2v) is 9.01. The van der Waals surface area contributed by atoms with E-state index < -0.39 is 12.0 Å². The van der Waals surface area contributed by atoms with E-state index in [-0.39, 0.29) is 5.91 Å². The summed E-state index contributed by atoms with van der Waals surface area (Å²) in [5.41, 5.74) is 1.64. The largest absolute Gasteiger partial charge is 0.391 e. The molecule has 1 unspecified atom stereocenters. The van der Waals surface area contributed by atoms with E-state index in [1.165, 1.54) is 6.20 Å². The maximum absolute atomic E-state index is 12.5. The Balaban J connectivity index is 1.47. The van der Waals surface area contributed by atoms with Gasteiger partial charge in [0.25, 0.3) is 0 Å². The van der Waals surface area contributed by atoms with E-state index >= 15 is 0 Å². The first-order valence-corrected chi connectivity index (χ1v) is 11.3. The number of allylic oxidation sites excluding steroid dienone is 1. The summed E-state index contributed by atoms with van der Waals surface area (Å²) >= 11 is 6.45. The van der Waals surface area contributed by atoms with Gasteiger partial charge in [-0.1, -0.05) is 24.6 Å². The van der Waals surface area contributed by atoms with Crippen LogP contribution in [0.25, 0.3) is 5.70 Å². The number of nitrogens with zero attached hydrogens (tertiary/aromatic N) is 2. The van der Waals surface area contributed by atoms with E-state index in [1.807, 2.05) is 0 Å². The SMILES string of the molecule is CC1C=C(c2cc(NC(=O)[C@H]3CNC[C@@H]3O)ncc2Cl)NC(=NCC2CCOCC2)C1. The number of nitrogens with one attached hydrogen (secondary N) is 3. The average Bonchev–Trinajstić information content (AvgIpc) is 3.20. The first-order chi connectivity index (χ1) is 15.0. The van der Waals surface area contributed by atoms with Crippen LogP contribution < -0.4 is 16.0 Å². The molecule has 1 aromatic rings. The molecule has 0 spiro atoms. The van der Waals surface area contributed by atoms with Crippen LogP contribution in [-0.4, -0.2) is 60.8 Å². The van der Waals surface area contributed by atoms with Crippen molar-refractivity contribution in [1.29, 1.82) is 0 Å².